The van der Waals surface area contributed by atoms with E-state index in [0.717, 1.165) is 0 Å². The Balaban J connectivity index is 2.88. The molecule has 0 aromatic carbocycles. The zero-order chi connectivity index (χ0) is 12.8. The first kappa shape index (κ1) is 13.6. The van der Waals surface area contributed by atoms with Crippen molar-refractivity contribution in [3.8, 4) is 0 Å². The number of nitrogens with zero attached hydrogens (tertiary/aromatic N) is 3. The minimum atomic E-state index is -1.15. The van der Waals surface area contributed by atoms with Gasteiger partial charge in [0, 0.05) is 18.1 Å². The predicted octanol–water partition coefficient (Wildman–Crippen LogP) is 0.383. The molecule has 0 aliphatic carbocycles. The van der Waals surface area contributed by atoms with E-state index < -0.39 is 11.2 Å². The number of rotatable bonds is 4. The van der Waals surface area contributed by atoms with E-state index >= 15 is 0 Å². The molecule has 7 heteroatoms. The highest BCUT2D eigenvalue weighted by molar-refractivity contribution is 7.91. The minimum Gasteiger partial charge on any atom is -0.610 e. The van der Waals surface area contributed by atoms with Crippen LogP contribution in [-0.2, 0) is 16.0 Å². The maximum absolute atomic E-state index is 11.7. The Hall–Kier alpha value is -1.47. The van der Waals surface area contributed by atoms with Gasteiger partial charge < -0.3 is 4.55 Å². The molecular weight excluding hydrogens is 240 g/mol. The molecule has 1 amide bonds. The van der Waals surface area contributed by atoms with Gasteiger partial charge in [0.05, 0.1) is 12.4 Å². The van der Waals surface area contributed by atoms with Crippen LogP contribution in [0.3, 0.4) is 0 Å². The Labute approximate surface area is 103 Å². The Morgan fingerprint density at radius 2 is 2.41 bits per heavy atom. The third-order valence-corrected chi connectivity index (χ3v) is 3.17. The van der Waals surface area contributed by atoms with Gasteiger partial charge in [-0.05, 0) is 13.8 Å². The van der Waals surface area contributed by atoms with E-state index in [1.54, 1.807) is 6.92 Å². The Morgan fingerprint density at radius 1 is 1.71 bits per heavy atom. The smallest absolute Gasteiger partial charge is 0.266 e. The van der Waals surface area contributed by atoms with E-state index in [9.17, 15) is 9.35 Å². The summed E-state index contributed by atoms with van der Waals surface area (Å²) in [5, 5.41) is 4.13. The molecule has 0 aliphatic rings. The van der Waals surface area contributed by atoms with Crippen LogP contribution in [0, 0.1) is 6.92 Å². The predicted molar refractivity (Wildman–Crippen MR) is 65.1 cm³/mol. The molecule has 17 heavy (non-hydrogen) atoms. The molecule has 1 heterocycles. The van der Waals surface area contributed by atoms with Crippen LogP contribution in [-0.4, -0.2) is 32.4 Å². The Kier molecular flexibility index (Phi) is 5.05. The molecule has 1 atom stereocenters. The molecule has 0 aliphatic heterocycles. The molecule has 1 aromatic heterocycles. The largest absolute Gasteiger partial charge is 0.610 e. The lowest BCUT2D eigenvalue weighted by atomic mass is 10.4. The second-order valence-corrected chi connectivity index (χ2v) is 4.90. The molecule has 92 valence electrons. The Bertz CT molecular complexity index is 436. The van der Waals surface area contributed by atoms with Gasteiger partial charge in [-0.25, -0.2) is 5.43 Å². The summed E-state index contributed by atoms with van der Waals surface area (Å²) >= 11 is -1.15. The van der Waals surface area contributed by atoms with Gasteiger partial charge in [0.2, 0.25) is 5.91 Å². The van der Waals surface area contributed by atoms with Crippen molar-refractivity contribution in [3.63, 3.8) is 0 Å². The van der Waals surface area contributed by atoms with Gasteiger partial charge in [0.1, 0.15) is 17.1 Å². The molecule has 0 fully saturated rings. The van der Waals surface area contributed by atoms with Crippen molar-refractivity contribution >= 4 is 23.3 Å². The van der Waals surface area contributed by atoms with Crippen LogP contribution in [0.2, 0.25) is 0 Å². The van der Waals surface area contributed by atoms with Crippen LogP contribution >= 0.6 is 0 Å². The SMILES string of the molecule is CC[S+]([O-])c1nc(/C=N/NC(C)=O)cnc1C. The minimum absolute atomic E-state index is 0.265. The first-order valence-electron chi connectivity index (χ1n) is 5.06. The van der Waals surface area contributed by atoms with Gasteiger partial charge in [0.25, 0.3) is 5.03 Å². The molecule has 6 nitrogen and oxygen atoms in total. The number of hydrazone groups is 1. The second kappa shape index (κ2) is 6.31. The van der Waals surface area contributed by atoms with Crippen molar-refractivity contribution in [2.75, 3.05) is 5.75 Å². The average molecular weight is 254 g/mol. The highest BCUT2D eigenvalue weighted by Crippen LogP contribution is 2.11. The maximum Gasteiger partial charge on any atom is 0.266 e. The summed E-state index contributed by atoms with van der Waals surface area (Å²) in [6, 6.07) is 0. The van der Waals surface area contributed by atoms with Gasteiger partial charge in [-0.3, -0.25) is 9.78 Å². The summed E-state index contributed by atoms with van der Waals surface area (Å²) in [4.78, 5) is 18.9. The molecule has 0 saturated carbocycles. The van der Waals surface area contributed by atoms with E-state index in [1.807, 2.05) is 6.92 Å². The second-order valence-electron chi connectivity index (χ2n) is 3.25. The number of hydrogen-bond acceptors (Lipinski definition) is 5. The summed E-state index contributed by atoms with van der Waals surface area (Å²) in [5.41, 5.74) is 3.36. The summed E-state index contributed by atoms with van der Waals surface area (Å²) in [5.74, 6) is 0.223. The van der Waals surface area contributed by atoms with Gasteiger partial charge >= 0.3 is 0 Å². The van der Waals surface area contributed by atoms with E-state index in [0.29, 0.717) is 22.2 Å². The van der Waals surface area contributed by atoms with Crippen molar-refractivity contribution < 1.29 is 9.35 Å². The van der Waals surface area contributed by atoms with Gasteiger partial charge in [-0.15, -0.1) is 0 Å². The molecule has 0 bridgehead atoms. The highest BCUT2D eigenvalue weighted by atomic mass is 32.2. The lowest BCUT2D eigenvalue weighted by Crippen LogP contribution is -2.14. The van der Waals surface area contributed by atoms with E-state index in [2.05, 4.69) is 20.5 Å². The van der Waals surface area contributed by atoms with Crippen LogP contribution in [0.15, 0.2) is 16.3 Å². The highest BCUT2D eigenvalue weighted by Gasteiger charge is 2.15. The van der Waals surface area contributed by atoms with Crippen LogP contribution in [0.1, 0.15) is 25.2 Å². The number of carbonyl (C=O) groups is 1. The van der Waals surface area contributed by atoms with Gasteiger partial charge in [-0.2, -0.15) is 10.1 Å². The third-order valence-electron chi connectivity index (χ3n) is 1.83. The summed E-state index contributed by atoms with van der Waals surface area (Å²) in [6.45, 7) is 4.93. The fraction of sp³-hybridized carbons (Fsp3) is 0.400. The van der Waals surface area contributed by atoms with Gasteiger partial charge in [-0.1, -0.05) is 0 Å². The number of amides is 1. The number of carbonyl (C=O) groups excluding carboxylic acids is 1. The topological polar surface area (TPSA) is 90.3 Å². The number of aryl methyl sites for hydroxylation is 1. The molecule has 0 radical (unpaired) electrons. The number of hydrogen-bond donors (Lipinski definition) is 1. The molecule has 1 N–H and O–H groups in total. The van der Waals surface area contributed by atoms with Crippen LogP contribution < -0.4 is 5.43 Å². The first-order valence-corrected chi connectivity index (χ1v) is 6.38. The molecule has 0 saturated heterocycles. The van der Waals surface area contributed by atoms with Crippen molar-refractivity contribution in [1.82, 2.24) is 15.4 Å². The average Bonchev–Trinajstić information content (AvgIpc) is 2.30. The molecule has 1 aromatic rings. The summed E-state index contributed by atoms with van der Waals surface area (Å²) in [6.07, 6.45) is 2.88. The maximum atomic E-state index is 11.7. The summed E-state index contributed by atoms with van der Waals surface area (Å²) in [7, 11) is 0. The van der Waals surface area contributed by atoms with Crippen LogP contribution in [0.5, 0.6) is 0 Å². The lowest BCUT2D eigenvalue weighted by molar-refractivity contribution is -0.118. The number of aromatic nitrogens is 2. The normalized spacial score (nSPS) is 12.7. The molecular formula is C10H14N4O2S. The zero-order valence-corrected chi connectivity index (χ0v) is 10.7. The quantitative estimate of drug-likeness (QED) is 0.478. The standard InChI is InChI=1S/C10H14N4O2S/c1-4-17(16)10-7(2)11-5-9(13-10)6-12-14-8(3)15/h5-6H,4H2,1-3H3,(H,14,15)/b12-6+. The van der Waals surface area contributed by atoms with Crippen molar-refractivity contribution in [1.29, 1.82) is 0 Å². The zero-order valence-electron chi connectivity index (χ0n) is 9.93. The van der Waals surface area contributed by atoms with Crippen molar-refractivity contribution in [2.45, 2.75) is 25.8 Å². The van der Waals surface area contributed by atoms with Crippen molar-refractivity contribution in [2.24, 2.45) is 5.10 Å². The van der Waals surface area contributed by atoms with Crippen LogP contribution in [0.25, 0.3) is 0 Å². The van der Waals surface area contributed by atoms with Crippen molar-refractivity contribution in [3.05, 3.63) is 17.6 Å². The van der Waals surface area contributed by atoms with E-state index in [1.165, 1.54) is 19.3 Å². The van der Waals surface area contributed by atoms with Gasteiger partial charge in [0.15, 0.2) is 0 Å². The Morgan fingerprint density at radius 3 is 3.00 bits per heavy atom. The lowest BCUT2D eigenvalue weighted by Gasteiger charge is -2.08. The third kappa shape index (κ3) is 4.12. The van der Waals surface area contributed by atoms with Crippen LogP contribution in [0.4, 0.5) is 0 Å². The fourth-order valence-corrected chi connectivity index (χ4v) is 1.91. The van der Waals surface area contributed by atoms with E-state index in [4.69, 9.17) is 0 Å². The number of nitrogens with one attached hydrogen (secondary N) is 1. The summed E-state index contributed by atoms with van der Waals surface area (Å²) < 4.78 is 11.7. The molecule has 1 rings (SSSR count). The fourth-order valence-electron chi connectivity index (χ4n) is 1.05. The monoisotopic (exact) mass is 254 g/mol. The molecule has 0 spiro atoms. The van der Waals surface area contributed by atoms with E-state index in [-0.39, 0.29) is 5.91 Å². The first-order chi connectivity index (χ1) is 8.04. The molecule has 1 unspecified atom stereocenters.